The smallest absolute Gasteiger partial charge is 0.409 e. The SMILES string of the molecule is O=C(O)Nc1ccc(NC(=O)c2ccc(C(=O)Nc3ccc(NC(=O)O)cc3)cc2)cc1. The molecule has 10 heteroatoms. The summed E-state index contributed by atoms with van der Waals surface area (Å²) >= 11 is 0. The van der Waals surface area contributed by atoms with Crippen molar-refractivity contribution in [3.8, 4) is 0 Å². The first-order valence-electron chi connectivity index (χ1n) is 9.23. The fraction of sp³-hybridized carbons (Fsp3) is 0. The highest BCUT2D eigenvalue weighted by Gasteiger charge is 2.10. The minimum absolute atomic E-state index is 0.332. The van der Waals surface area contributed by atoms with E-state index in [4.69, 9.17) is 10.2 Å². The van der Waals surface area contributed by atoms with Gasteiger partial charge in [0, 0.05) is 33.9 Å². The summed E-state index contributed by atoms with van der Waals surface area (Å²) in [5, 5.41) is 27.1. The van der Waals surface area contributed by atoms with Crippen LogP contribution in [0.5, 0.6) is 0 Å². The zero-order chi connectivity index (χ0) is 23.1. The first-order chi connectivity index (χ1) is 15.3. The Hall–Kier alpha value is -4.86. The van der Waals surface area contributed by atoms with E-state index in [-0.39, 0.29) is 0 Å². The molecule has 0 aliphatic heterocycles. The van der Waals surface area contributed by atoms with Gasteiger partial charge in [0.05, 0.1) is 0 Å². The lowest BCUT2D eigenvalue weighted by molar-refractivity contribution is 0.101. The first kappa shape index (κ1) is 21.8. The van der Waals surface area contributed by atoms with E-state index in [1.807, 2.05) is 0 Å². The Morgan fingerprint density at radius 2 is 0.688 bits per heavy atom. The highest BCUT2D eigenvalue weighted by molar-refractivity contribution is 6.07. The number of rotatable bonds is 6. The molecule has 0 saturated carbocycles. The molecule has 162 valence electrons. The Balaban J connectivity index is 1.58. The van der Waals surface area contributed by atoms with Crippen LogP contribution in [-0.4, -0.2) is 34.2 Å². The maximum Gasteiger partial charge on any atom is 0.409 e. The summed E-state index contributed by atoms with van der Waals surface area (Å²) in [4.78, 5) is 46.0. The van der Waals surface area contributed by atoms with E-state index in [0.717, 1.165) is 0 Å². The molecular weight excluding hydrogens is 416 g/mol. The lowest BCUT2D eigenvalue weighted by atomic mass is 10.1. The van der Waals surface area contributed by atoms with Crippen molar-refractivity contribution in [2.24, 2.45) is 0 Å². The van der Waals surface area contributed by atoms with Crippen molar-refractivity contribution in [3.63, 3.8) is 0 Å². The first-order valence-corrected chi connectivity index (χ1v) is 9.23. The van der Waals surface area contributed by atoms with E-state index < -0.39 is 24.0 Å². The van der Waals surface area contributed by atoms with Crippen LogP contribution < -0.4 is 21.3 Å². The lowest BCUT2D eigenvalue weighted by Gasteiger charge is -2.09. The number of hydrogen-bond acceptors (Lipinski definition) is 4. The Bertz CT molecular complexity index is 1050. The number of carboxylic acid groups (broad SMARTS) is 2. The molecule has 0 aliphatic carbocycles. The molecule has 0 bridgehead atoms. The molecule has 32 heavy (non-hydrogen) atoms. The van der Waals surface area contributed by atoms with Gasteiger partial charge in [-0.05, 0) is 72.8 Å². The van der Waals surface area contributed by atoms with Gasteiger partial charge < -0.3 is 20.8 Å². The molecule has 0 unspecified atom stereocenters. The molecule has 0 fully saturated rings. The van der Waals surface area contributed by atoms with Crippen molar-refractivity contribution in [3.05, 3.63) is 83.9 Å². The van der Waals surface area contributed by atoms with Crippen molar-refractivity contribution in [1.29, 1.82) is 0 Å². The summed E-state index contributed by atoms with van der Waals surface area (Å²) in [6, 6.07) is 18.3. The molecule has 3 rings (SSSR count). The summed E-state index contributed by atoms with van der Waals surface area (Å²) in [6.07, 6.45) is -2.36. The zero-order valence-corrected chi connectivity index (χ0v) is 16.5. The molecule has 3 aromatic carbocycles. The highest BCUT2D eigenvalue weighted by atomic mass is 16.4. The molecule has 3 aromatic rings. The third-order valence-electron chi connectivity index (χ3n) is 4.20. The van der Waals surface area contributed by atoms with E-state index in [9.17, 15) is 19.2 Å². The second-order valence-electron chi connectivity index (χ2n) is 6.50. The fourth-order valence-corrected chi connectivity index (χ4v) is 2.70. The molecule has 10 nitrogen and oxygen atoms in total. The predicted molar refractivity (Wildman–Crippen MR) is 119 cm³/mol. The summed E-state index contributed by atoms with van der Waals surface area (Å²) in [7, 11) is 0. The Morgan fingerprint density at radius 3 is 0.938 bits per heavy atom. The van der Waals surface area contributed by atoms with Gasteiger partial charge in [0.25, 0.3) is 11.8 Å². The van der Waals surface area contributed by atoms with Gasteiger partial charge in [0.1, 0.15) is 0 Å². The average Bonchev–Trinajstić information content (AvgIpc) is 2.76. The van der Waals surface area contributed by atoms with Gasteiger partial charge in [-0.15, -0.1) is 0 Å². The molecule has 0 aromatic heterocycles. The van der Waals surface area contributed by atoms with Crippen LogP contribution >= 0.6 is 0 Å². The van der Waals surface area contributed by atoms with Crippen LogP contribution in [0.3, 0.4) is 0 Å². The van der Waals surface area contributed by atoms with Gasteiger partial charge in [-0.1, -0.05) is 0 Å². The molecule has 0 atom stereocenters. The van der Waals surface area contributed by atoms with E-state index in [1.165, 1.54) is 48.5 Å². The topological polar surface area (TPSA) is 157 Å². The monoisotopic (exact) mass is 434 g/mol. The fourth-order valence-electron chi connectivity index (χ4n) is 2.70. The number of amides is 4. The molecule has 0 spiro atoms. The van der Waals surface area contributed by atoms with Crippen LogP contribution in [0.4, 0.5) is 32.3 Å². The van der Waals surface area contributed by atoms with Gasteiger partial charge in [0.15, 0.2) is 0 Å². The van der Waals surface area contributed by atoms with Crippen LogP contribution in [0.15, 0.2) is 72.8 Å². The zero-order valence-electron chi connectivity index (χ0n) is 16.5. The number of anilines is 4. The molecule has 0 heterocycles. The lowest BCUT2D eigenvalue weighted by Crippen LogP contribution is -2.14. The maximum atomic E-state index is 12.4. The van der Waals surface area contributed by atoms with E-state index in [0.29, 0.717) is 33.9 Å². The summed E-state index contributed by atoms with van der Waals surface area (Å²) in [5.74, 6) is -0.783. The molecule has 0 saturated heterocycles. The molecule has 6 N–H and O–H groups in total. The highest BCUT2D eigenvalue weighted by Crippen LogP contribution is 2.17. The van der Waals surface area contributed by atoms with Crippen LogP contribution in [0.25, 0.3) is 0 Å². The van der Waals surface area contributed by atoms with Gasteiger partial charge in [-0.25, -0.2) is 9.59 Å². The number of hydrogen-bond donors (Lipinski definition) is 6. The third-order valence-corrected chi connectivity index (χ3v) is 4.20. The molecule has 0 radical (unpaired) electrons. The maximum absolute atomic E-state index is 12.4. The van der Waals surface area contributed by atoms with Crippen molar-refractivity contribution in [2.75, 3.05) is 21.3 Å². The van der Waals surface area contributed by atoms with E-state index in [1.54, 1.807) is 24.3 Å². The van der Waals surface area contributed by atoms with Crippen molar-refractivity contribution >= 4 is 46.8 Å². The minimum Gasteiger partial charge on any atom is -0.465 e. The van der Waals surface area contributed by atoms with Crippen LogP contribution in [0, 0.1) is 0 Å². The number of nitrogens with one attached hydrogen (secondary N) is 4. The Morgan fingerprint density at radius 1 is 0.438 bits per heavy atom. The van der Waals surface area contributed by atoms with Crippen LogP contribution in [0.2, 0.25) is 0 Å². The van der Waals surface area contributed by atoms with Gasteiger partial charge in [-0.3, -0.25) is 20.2 Å². The van der Waals surface area contributed by atoms with E-state index in [2.05, 4.69) is 21.3 Å². The second-order valence-corrected chi connectivity index (χ2v) is 6.50. The Labute approximate surface area is 181 Å². The Kier molecular flexibility index (Phi) is 6.66. The van der Waals surface area contributed by atoms with Crippen molar-refractivity contribution in [1.82, 2.24) is 0 Å². The summed E-state index contributed by atoms with van der Waals surface area (Å²) in [6.45, 7) is 0. The van der Waals surface area contributed by atoms with Gasteiger partial charge in [-0.2, -0.15) is 0 Å². The van der Waals surface area contributed by atoms with Gasteiger partial charge >= 0.3 is 12.2 Å². The van der Waals surface area contributed by atoms with Crippen LogP contribution in [-0.2, 0) is 0 Å². The standard InChI is InChI=1S/C22H18N4O6/c27-19(23-15-5-9-17(10-6-15)25-21(29)30)13-1-2-14(4-3-13)20(28)24-16-7-11-18(12-8-16)26-22(31)32/h1-12,25-26H,(H,23,27)(H,24,28)(H,29,30)(H,31,32). The van der Waals surface area contributed by atoms with E-state index >= 15 is 0 Å². The number of carbonyl (C=O) groups is 4. The largest absolute Gasteiger partial charge is 0.465 e. The number of benzene rings is 3. The third kappa shape index (κ3) is 6.07. The van der Waals surface area contributed by atoms with Crippen LogP contribution in [0.1, 0.15) is 20.7 Å². The van der Waals surface area contributed by atoms with Gasteiger partial charge in [0.2, 0.25) is 0 Å². The molecule has 4 amide bonds. The quantitative estimate of drug-likeness (QED) is 0.338. The average molecular weight is 434 g/mol. The minimum atomic E-state index is -1.18. The summed E-state index contributed by atoms with van der Waals surface area (Å²) in [5.41, 5.74) is 2.37. The predicted octanol–water partition coefficient (Wildman–Crippen LogP) is 4.37. The molecule has 0 aliphatic rings. The van der Waals surface area contributed by atoms with Crippen molar-refractivity contribution in [2.45, 2.75) is 0 Å². The number of carbonyl (C=O) groups excluding carboxylic acids is 2. The molecular formula is C22H18N4O6. The van der Waals surface area contributed by atoms with Crippen molar-refractivity contribution < 1.29 is 29.4 Å². The summed E-state index contributed by atoms with van der Waals surface area (Å²) < 4.78 is 0. The normalized spacial score (nSPS) is 10.0. The second kappa shape index (κ2) is 9.76.